The van der Waals surface area contributed by atoms with Crippen molar-refractivity contribution in [1.29, 1.82) is 0 Å². The van der Waals surface area contributed by atoms with E-state index in [-0.39, 0.29) is 6.03 Å². The van der Waals surface area contributed by atoms with Gasteiger partial charge in [-0.3, -0.25) is 0 Å². The highest BCUT2D eigenvalue weighted by atomic mass is 35.5. The zero-order valence-electron chi connectivity index (χ0n) is 12.3. The highest BCUT2D eigenvalue weighted by Crippen LogP contribution is 2.22. The van der Waals surface area contributed by atoms with E-state index in [4.69, 9.17) is 21.1 Å². The Kier molecular flexibility index (Phi) is 5.49. The number of para-hydroxylation sites is 2. The summed E-state index contributed by atoms with van der Waals surface area (Å²) in [6, 6.07) is 13.7. The summed E-state index contributed by atoms with van der Waals surface area (Å²) >= 11 is 5.80. The first-order chi connectivity index (χ1) is 10.6. The lowest BCUT2D eigenvalue weighted by Crippen LogP contribution is -2.39. The highest BCUT2D eigenvalue weighted by Gasteiger charge is 2.10. The number of urea groups is 1. The summed E-state index contributed by atoms with van der Waals surface area (Å²) in [5, 5.41) is 6.02. The van der Waals surface area contributed by atoms with Gasteiger partial charge in [-0.05, 0) is 43.3 Å². The van der Waals surface area contributed by atoms with Crippen molar-refractivity contribution in [3.63, 3.8) is 0 Å². The number of anilines is 1. The van der Waals surface area contributed by atoms with Crippen molar-refractivity contribution < 1.29 is 14.3 Å². The number of ether oxygens (including phenoxy) is 2. The van der Waals surface area contributed by atoms with Crippen molar-refractivity contribution in [2.75, 3.05) is 12.4 Å². The molecule has 0 aliphatic carbocycles. The second-order valence-corrected chi connectivity index (χ2v) is 4.95. The largest absolute Gasteiger partial charge is 0.495 e. The van der Waals surface area contributed by atoms with Crippen LogP contribution in [0.3, 0.4) is 0 Å². The van der Waals surface area contributed by atoms with Crippen LogP contribution in [-0.2, 0) is 0 Å². The lowest BCUT2D eigenvalue weighted by Gasteiger charge is -2.17. The van der Waals surface area contributed by atoms with Crippen molar-refractivity contribution in [3.05, 3.63) is 53.6 Å². The molecule has 22 heavy (non-hydrogen) atoms. The molecule has 0 radical (unpaired) electrons. The number of hydrogen-bond donors (Lipinski definition) is 2. The van der Waals surface area contributed by atoms with Crippen molar-refractivity contribution >= 4 is 23.3 Å². The Labute approximate surface area is 134 Å². The topological polar surface area (TPSA) is 59.6 Å². The highest BCUT2D eigenvalue weighted by molar-refractivity contribution is 6.30. The summed E-state index contributed by atoms with van der Waals surface area (Å²) < 4.78 is 10.7. The number of nitrogens with one attached hydrogen (secondary N) is 2. The van der Waals surface area contributed by atoms with Crippen molar-refractivity contribution in [3.8, 4) is 11.5 Å². The molecule has 2 amide bonds. The molecule has 0 saturated heterocycles. The lowest BCUT2D eigenvalue weighted by molar-refractivity contribution is 0.183. The van der Waals surface area contributed by atoms with Crippen LogP contribution in [0.25, 0.3) is 0 Å². The van der Waals surface area contributed by atoms with E-state index in [1.54, 1.807) is 50.4 Å². The van der Waals surface area contributed by atoms with Crippen LogP contribution in [0.5, 0.6) is 11.5 Å². The van der Waals surface area contributed by atoms with Crippen LogP contribution in [0.4, 0.5) is 10.5 Å². The van der Waals surface area contributed by atoms with Crippen molar-refractivity contribution in [2.24, 2.45) is 0 Å². The van der Waals surface area contributed by atoms with Gasteiger partial charge in [0, 0.05) is 5.02 Å². The van der Waals surface area contributed by atoms with Crippen LogP contribution >= 0.6 is 11.6 Å². The molecule has 2 aromatic carbocycles. The Morgan fingerprint density at radius 3 is 2.50 bits per heavy atom. The normalized spacial score (nSPS) is 11.4. The van der Waals surface area contributed by atoms with Gasteiger partial charge >= 0.3 is 6.03 Å². The smallest absolute Gasteiger partial charge is 0.322 e. The van der Waals surface area contributed by atoms with Gasteiger partial charge in [0.05, 0.1) is 12.8 Å². The second-order valence-electron chi connectivity index (χ2n) is 4.51. The molecule has 2 N–H and O–H groups in total. The fraction of sp³-hybridized carbons (Fsp3) is 0.188. The van der Waals surface area contributed by atoms with E-state index < -0.39 is 6.23 Å². The monoisotopic (exact) mass is 320 g/mol. The molecule has 0 bridgehead atoms. The summed E-state index contributed by atoms with van der Waals surface area (Å²) in [7, 11) is 1.55. The average molecular weight is 321 g/mol. The van der Waals surface area contributed by atoms with Crippen LogP contribution < -0.4 is 20.1 Å². The van der Waals surface area contributed by atoms with E-state index in [1.807, 2.05) is 12.1 Å². The number of carbonyl (C=O) groups excluding carboxylic acids is 1. The first kappa shape index (κ1) is 16.0. The van der Waals surface area contributed by atoms with Gasteiger partial charge in [0.2, 0.25) is 0 Å². The molecule has 0 aromatic heterocycles. The molecule has 116 valence electrons. The van der Waals surface area contributed by atoms with E-state index in [2.05, 4.69) is 10.6 Å². The molecule has 0 aliphatic heterocycles. The third kappa shape index (κ3) is 4.56. The lowest BCUT2D eigenvalue weighted by atomic mass is 10.3. The maximum absolute atomic E-state index is 12.0. The van der Waals surface area contributed by atoms with Gasteiger partial charge in [-0.2, -0.15) is 0 Å². The minimum absolute atomic E-state index is 0.383. The van der Waals surface area contributed by atoms with Crippen LogP contribution in [0.1, 0.15) is 6.92 Å². The molecule has 6 heteroatoms. The molecule has 2 aromatic rings. The first-order valence-electron chi connectivity index (χ1n) is 6.71. The molecular weight excluding hydrogens is 304 g/mol. The van der Waals surface area contributed by atoms with Gasteiger partial charge in [-0.1, -0.05) is 23.7 Å². The molecule has 1 atom stereocenters. The molecule has 5 nitrogen and oxygen atoms in total. The zero-order valence-corrected chi connectivity index (χ0v) is 13.1. The number of carbonyl (C=O) groups is 1. The standard InChI is InChI=1S/C16H17ClN2O3/c1-11(22-13-9-7-12(17)8-10-13)18-16(20)19-14-5-3-4-6-15(14)21-2/h3-11H,1-2H3,(H2,18,19,20). The van der Waals surface area contributed by atoms with E-state index in [9.17, 15) is 4.79 Å². The molecule has 0 aliphatic rings. The maximum Gasteiger partial charge on any atom is 0.322 e. The Morgan fingerprint density at radius 2 is 1.82 bits per heavy atom. The summed E-state index contributed by atoms with van der Waals surface area (Å²) in [5.41, 5.74) is 0.584. The third-order valence-electron chi connectivity index (χ3n) is 2.82. The number of methoxy groups -OCH3 is 1. The van der Waals surface area contributed by atoms with Crippen molar-refractivity contribution in [1.82, 2.24) is 5.32 Å². The molecular formula is C16H17ClN2O3. The Balaban J connectivity index is 1.89. The maximum atomic E-state index is 12.0. The zero-order chi connectivity index (χ0) is 15.9. The van der Waals surface area contributed by atoms with Gasteiger partial charge in [0.1, 0.15) is 11.5 Å². The molecule has 2 rings (SSSR count). The van der Waals surface area contributed by atoms with E-state index in [1.165, 1.54) is 0 Å². The number of rotatable bonds is 5. The quantitative estimate of drug-likeness (QED) is 0.821. The summed E-state index contributed by atoms with van der Waals surface area (Å²) in [4.78, 5) is 12.0. The predicted octanol–water partition coefficient (Wildman–Crippen LogP) is 3.90. The number of hydrogen-bond acceptors (Lipinski definition) is 3. The van der Waals surface area contributed by atoms with E-state index in [0.717, 1.165) is 0 Å². The number of amides is 2. The van der Waals surface area contributed by atoms with E-state index >= 15 is 0 Å². The number of benzene rings is 2. The van der Waals surface area contributed by atoms with Gasteiger partial charge in [-0.25, -0.2) is 4.79 Å². The Morgan fingerprint density at radius 1 is 1.14 bits per heavy atom. The van der Waals surface area contributed by atoms with Crippen LogP contribution in [-0.4, -0.2) is 19.4 Å². The fourth-order valence-electron chi connectivity index (χ4n) is 1.84. The molecule has 0 saturated carbocycles. The summed E-state index contributed by atoms with van der Waals surface area (Å²) in [6.45, 7) is 1.73. The van der Waals surface area contributed by atoms with Gasteiger partial charge in [0.15, 0.2) is 6.23 Å². The minimum atomic E-state index is -0.504. The van der Waals surface area contributed by atoms with Crippen LogP contribution in [0.2, 0.25) is 5.02 Å². The minimum Gasteiger partial charge on any atom is -0.495 e. The summed E-state index contributed by atoms with van der Waals surface area (Å²) in [6.07, 6.45) is -0.504. The van der Waals surface area contributed by atoms with Gasteiger partial charge in [0.25, 0.3) is 0 Å². The molecule has 0 spiro atoms. The SMILES string of the molecule is COc1ccccc1NC(=O)NC(C)Oc1ccc(Cl)cc1. The first-order valence-corrected chi connectivity index (χ1v) is 7.09. The van der Waals surface area contributed by atoms with E-state index in [0.29, 0.717) is 22.2 Å². The number of halogens is 1. The average Bonchev–Trinajstić information content (AvgIpc) is 2.50. The Bertz CT molecular complexity index is 632. The van der Waals surface area contributed by atoms with Crippen LogP contribution in [0.15, 0.2) is 48.5 Å². The summed E-state index contributed by atoms with van der Waals surface area (Å²) in [5.74, 6) is 1.21. The predicted molar refractivity (Wildman–Crippen MR) is 86.7 cm³/mol. The second kappa shape index (κ2) is 7.56. The molecule has 0 heterocycles. The van der Waals surface area contributed by atoms with Crippen LogP contribution in [0, 0.1) is 0 Å². The Hall–Kier alpha value is -2.40. The van der Waals surface area contributed by atoms with Crippen molar-refractivity contribution in [2.45, 2.75) is 13.2 Å². The molecule has 0 fully saturated rings. The van der Waals surface area contributed by atoms with Gasteiger partial charge < -0.3 is 20.1 Å². The molecule has 1 unspecified atom stereocenters. The van der Waals surface area contributed by atoms with Gasteiger partial charge in [-0.15, -0.1) is 0 Å². The fourth-order valence-corrected chi connectivity index (χ4v) is 1.96. The third-order valence-corrected chi connectivity index (χ3v) is 3.07.